The van der Waals surface area contributed by atoms with Crippen LogP contribution in [-0.4, -0.2) is 34.9 Å². The number of aryl methyl sites for hydroxylation is 1. The Balaban J connectivity index is 1.62. The number of hydrogen-bond acceptors (Lipinski definition) is 8. The molecule has 4 aromatic rings. The molecule has 4 heterocycles. The lowest BCUT2D eigenvalue weighted by atomic mass is 9.85. The third kappa shape index (κ3) is 3.14. The first-order valence-electron chi connectivity index (χ1n) is 8.31. The van der Waals surface area contributed by atoms with Gasteiger partial charge in [-0.1, -0.05) is 11.2 Å². The van der Waals surface area contributed by atoms with Crippen molar-refractivity contribution < 1.29 is 4.52 Å². The highest BCUT2D eigenvalue weighted by Crippen LogP contribution is 2.31. The Morgan fingerprint density at radius 3 is 2.41 bits per heavy atom. The van der Waals surface area contributed by atoms with Crippen molar-refractivity contribution in [3.63, 3.8) is 0 Å². The zero-order valence-corrected chi connectivity index (χ0v) is 15.2. The van der Waals surface area contributed by atoms with Gasteiger partial charge in [0.25, 0.3) is 5.89 Å². The maximum absolute atomic E-state index is 5.53. The Kier molecular flexibility index (Phi) is 3.91. The Morgan fingerprint density at radius 2 is 1.78 bits per heavy atom. The third-order valence-electron chi connectivity index (χ3n) is 4.39. The van der Waals surface area contributed by atoms with Crippen molar-refractivity contribution in [2.45, 2.75) is 19.3 Å². The van der Waals surface area contributed by atoms with Crippen molar-refractivity contribution in [1.82, 2.24) is 34.9 Å². The van der Waals surface area contributed by atoms with Crippen LogP contribution in [0.3, 0.4) is 0 Å². The maximum Gasteiger partial charge on any atom is 0.261 e. The zero-order valence-electron chi connectivity index (χ0n) is 15.2. The second-order valence-corrected chi connectivity index (χ2v) is 6.71. The highest BCUT2D eigenvalue weighted by Gasteiger charge is 2.30. The normalized spacial score (nSPS) is 11.7. The zero-order chi connectivity index (χ0) is 19.0. The Hall–Kier alpha value is -3.62. The average Bonchev–Trinajstić information content (AvgIpc) is 3.32. The van der Waals surface area contributed by atoms with Crippen LogP contribution < -0.4 is 5.73 Å². The molecule has 4 rings (SSSR count). The first kappa shape index (κ1) is 16.8. The van der Waals surface area contributed by atoms with Gasteiger partial charge in [-0.25, -0.2) is 9.97 Å². The topological polar surface area (TPSA) is 121 Å². The minimum atomic E-state index is -0.479. The van der Waals surface area contributed by atoms with Crippen molar-refractivity contribution in [2.75, 3.05) is 5.73 Å². The molecular formula is C18H18N8O. The molecule has 2 N–H and O–H groups in total. The van der Waals surface area contributed by atoms with E-state index in [9.17, 15) is 0 Å². The van der Waals surface area contributed by atoms with Crippen molar-refractivity contribution >= 4 is 5.95 Å². The largest absolute Gasteiger partial charge is 0.368 e. The second kappa shape index (κ2) is 6.27. The molecule has 0 aromatic carbocycles. The van der Waals surface area contributed by atoms with Crippen molar-refractivity contribution in [1.29, 1.82) is 0 Å². The molecule has 136 valence electrons. The molecule has 0 amide bonds. The summed E-state index contributed by atoms with van der Waals surface area (Å²) in [5, 5.41) is 8.28. The quantitative estimate of drug-likeness (QED) is 0.586. The van der Waals surface area contributed by atoms with E-state index >= 15 is 0 Å². The molecule has 0 fully saturated rings. The molecule has 0 unspecified atom stereocenters. The molecule has 0 aliphatic heterocycles. The molecule has 0 saturated heterocycles. The van der Waals surface area contributed by atoms with Gasteiger partial charge in [-0.3, -0.25) is 9.67 Å². The van der Waals surface area contributed by atoms with Gasteiger partial charge in [0.2, 0.25) is 5.95 Å². The van der Waals surface area contributed by atoms with Crippen LogP contribution in [0.5, 0.6) is 0 Å². The minimum absolute atomic E-state index is 0.234. The molecule has 0 radical (unpaired) electrons. The van der Waals surface area contributed by atoms with Crippen LogP contribution in [0.15, 0.2) is 47.6 Å². The van der Waals surface area contributed by atoms with Crippen molar-refractivity contribution in [3.05, 3.63) is 54.5 Å². The summed E-state index contributed by atoms with van der Waals surface area (Å²) in [6.07, 6.45) is 8.61. The monoisotopic (exact) mass is 362 g/mol. The summed E-state index contributed by atoms with van der Waals surface area (Å²) in [7, 11) is 1.84. The molecule has 0 aliphatic carbocycles. The third-order valence-corrected chi connectivity index (χ3v) is 4.39. The van der Waals surface area contributed by atoms with Gasteiger partial charge in [-0.15, -0.1) is 0 Å². The molecule has 27 heavy (non-hydrogen) atoms. The standard InChI is InChI=1S/C18H18N8O/c1-18(2,16-24-15(27-25-16)12-8-23-26(3)10-12)13-4-5-14(20-9-13)11-6-21-17(19)22-7-11/h4-10H,1-3H3,(H2,19,21,22). The fourth-order valence-electron chi connectivity index (χ4n) is 2.66. The van der Waals surface area contributed by atoms with E-state index in [4.69, 9.17) is 10.3 Å². The number of hydrogen-bond donors (Lipinski definition) is 1. The Labute approximate surface area is 155 Å². The molecule has 9 nitrogen and oxygen atoms in total. The molecule has 4 aromatic heterocycles. The summed E-state index contributed by atoms with van der Waals surface area (Å²) in [6.45, 7) is 4.04. The van der Waals surface area contributed by atoms with Crippen molar-refractivity contribution in [2.24, 2.45) is 7.05 Å². The molecule has 0 spiro atoms. The molecule has 0 saturated carbocycles. The summed E-state index contributed by atoms with van der Waals surface area (Å²) in [5.41, 5.74) is 8.35. The van der Waals surface area contributed by atoms with E-state index in [-0.39, 0.29) is 5.95 Å². The van der Waals surface area contributed by atoms with Gasteiger partial charge in [0.15, 0.2) is 5.82 Å². The smallest absolute Gasteiger partial charge is 0.261 e. The Morgan fingerprint density at radius 1 is 1.00 bits per heavy atom. The summed E-state index contributed by atoms with van der Waals surface area (Å²) in [4.78, 5) is 17.0. The van der Waals surface area contributed by atoms with Crippen LogP contribution in [0, 0.1) is 0 Å². The number of anilines is 1. The van der Waals surface area contributed by atoms with Crippen molar-refractivity contribution in [3.8, 4) is 22.7 Å². The number of rotatable bonds is 4. The predicted octanol–water partition coefficient (Wildman–Crippen LogP) is 2.23. The number of aromatic nitrogens is 7. The number of pyridine rings is 1. The van der Waals surface area contributed by atoms with Gasteiger partial charge in [-0.2, -0.15) is 10.1 Å². The van der Waals surface area contributed by atoms with Crippen LogP contribution in [0.2, 0.25) is 0 Å². The Bertz CT molecular complexity index is 1060. The maximum atomic E-state index is 5.53. The fraction of sp³-hybridized carbons (Fsp3) is 0.222. The van der Waals surface area contributed by atoms with Gasteiger partial charge in [0, 0.05) is 37.4 Å². The number of nitrogens with two attached hydrogens (primary N) is 1. The van der Waals surface area contributed by atoms with Gasteiger partial charge >= 0.3 is 0 Å². The highest BCUT2D eigenvalue weighted by molar-refractivity contribution is 5.57. The summed E-state index contributed by atoms with van der Waals surface area (Å²) >= 11 is 0. The number of nitrogens with zero attached hydrogens (tertiary/aromatic N) is 7. The van der Waals surface area contributed by atoms with E-state index in [1.807, 2.05) is 39.2 Å². The van der Waals surface area contributed by atoms with E-state index in [2.05, 4.69) is 30.2 Å². The van der Waals surface area contributed by atoms with E-state index in [0.717, 1.165) is 22.4 Å². The van der Waals surface area contributed by atoms with E-state index in [1.165, 1.54) is 0 Å². The number of nitrogen functional groups attached to an aromatic ring is 1. The SMILES string of the molecule is Cn1cc(-c2nc(C(C)(C)c3ccc(-c4cnc(N)nc4)nc3)no2)cn1. The molecule has 0 aliphatic rings. The highest BCUT2D eigenvalue weighted by atomic mass is 16.5. The summed E-state index contributed by atoms with van der Waals surface area (Å²) < 4.78 is 7.10. The first-order valence-corrected chi connectivity index (χ1v) is 8.31. The van der Waals surface area contributed by atoms with E-state index < -0.39 is 5.41 Å². The van der Waals surface area contributed by atoms with Crippen LogP contribution in [0.4, 0.5) is 5.95 Å². The van der Waals surface area contributed by atoms with Gasteiger partial charge in [0.1, 0.15) is 0 Å². The minimum Gasteiger partial charge on any atom is -0.368 e. The van der Waals surface area contributed by atoms with E-state index in [1.54, 1.807) is 29.5 Å². The molecule has 0 atom stereocenters. The van der Waals surface area contributed by atoms with Crippen LogP contribution in [-0.2, 0) is 12.5 Å². The lowest BCUT2D eigenvalue weighted by molar-refractivity contribution is 0.408. The predicted molar refractivity (Wildman–Crippen MR) is 98.3 cm³/mol. The molecule has 0 bridgehead atoms. The molecular weight excluding hydrogens is 344 g/mol. The van der Waals surface area contributed by atoms with Gasteiger partial charge in [0.05, 0.1) is 22.9 Å². The lowest BCUT2D eigenvalue weighted by Crippen LogP contribution is -2.21. The van der Waals surface area contributed by atoms with Crippen LogP contribution in [0.25, 0.3) is 22.7 Å². The van der Waals surface area contributed by atoms with Crippen LogP contribution in [0.1, 0.15) is 25.2 Å². The average molecular weight is 362 g/mol. The summed E-state index contributed by atoms with van der Waals surface area (Å²) in [5.74, 6) is 1.25. The molecule has 9 heteroatoms. The van der Waals surface area contributed by atoms with Crippen LogP contribution >= 0.6 is 0 Å². The first-order chi connectivity index (χ1) is 12.9. The fourth-order valence-corrected chi connectivity index (χ4v) is 2.66. The van der Waals surface area contributed by atoms with E-state index in [0.29, 0.717) is 11.7 Å². The second-order valence-electron chi connectivity index (χ2n) is 6.71. The lowest BCUT2D eigenvalue weighted by Gasteiger charge is -2.20. The van der Waals surface area contributed by atoms with Gasteiger partial charge < -0.3 is 10.3 Å². The van der Waals surface area contributed by atoms with Gasteiger partial charge in [-0.05, 0) is 25.5 Å². The summed E-state index contributed by atoms with van der Waals surface area (Å²) in [6, 6.07) is 3.90.